The first-order valence-electron chi connectivity index (χ1n) is 10.9. The molecule has 166 valence electrons. The number of benzene rings is 1. The predicted molar refractivity (Wildman–Crippen MR) is 117 cm³/mol. The Bertz CT molecular complexity index is 913. The van der Waals surface area contributed by atoms with Gasteiger partial charge in [-0.15, -0.1) is 0 Å². The molecule has 0 aromatic heterocycles. The van der Waals surface area contributed by atoms with Crippen LogP contribution in [0, 0.1) is 11.8 Å². The molecule has 2 atom stereocenters. The van der Waals surface area contributed by atoms with Crippen molar-refractivity contribution in [2.75, 3.05) is 24.5 Å². The number of carbonyl (C=O) groups excluding carboxylic acids is 2. The molecule has 1 saturated heterocycles. The number of nitrogens with one attached hydrogen (secondary N) is 1. The lowest BCUT2D eigenvalue weighted by Gasteiger charge is -2.34. The van der Waals surface area contributed by atoms with Crippen molar-refractivity contribution in [2.24, 2.45) is 11.8 Å². The van der Waals surface area contributed by atoms with E-state index in [4.69, 9.17) is 0 Å². The fourth-order valence-corrected chi connectivity index (χ4v) is 5.68. The Hall–Kier alpha value is -1.93. The van der Waals surface area contributed by atoms with Crippen LogP contribution in [-0.4, -0.2) is 50.8 Å². The monoisotopic (exact) mass is 435 g/mol. The van der Waals surface area contributed by atoms with Gasteiger partial charge in [-0.3, -0.25) is 9.59 Å². The summed E-state index contributed by atoms with van der Waals surface area (Å²) in [6.07, 6.45) is 3.08. The van der Waals surface area contributed by atoms with E-state index in [1.165, 1.54) is 6.07 Å². The van der Waals surface area contributed by atoms with Crippen molar-refractivity contribution < 1.29 is 18.0 Å². The van der Waals surface area contributed by atoms with E-state index in [1.54, 1.807) is 21.9 Å². The van der Waals surface area contributed by atoms with Crippen molar-refractivity contribution in [1.29, 1.82) is 0 Å². The number of amides is 2. The highest BCUT2D eigenvalue weighted by molar-refractivity contribution is 7.89. The van der Waals surface area contributed by atoms with Gasteiger partial charge in [0.05, 0.1) is 4.90 Å². The van der Waals surface area contributed by atoms with E-state index in [9.17, 15) is 18.0 Å². The number of sulfonamides is 1. The van der Waals surface area contributed by atoms with Gasteiger partial charge >= 0.3 is 0 Å². The molecule has 0 saturated carbocycles. The minimum atomic E-state index is -3.87. The van der Waals surface area contributed by atoms with Crippen LogP contribution in [0.2, 0.25) is 0 Å². The molecule has 30 heavy (non-hydrogen) atoms. The summed E-state index contributed by atoms with van der Waals surface area (Å²) in [4.78, 5) is 28.8. The van der Waals surface area contributed by atoms with E-state index < -0.39 is 16.1 Å². The average molecular weight is 436 g/mol. The molecule has 1 aromatic rings. The van der Waals surface area contributed by atoms with Gasteiger partial charge < -0.3 is 9.80 Å². The Morgan fingerprint density at radius 3 is 2.60 bits per heavy atom. The molecule has 1 N–H and O–H groups in total. The molecule has 0 bridgehead atoms. The molecule has 2 heterocycles. The maximum absolute atomic E-state index is 13.1. The third-order valence-electron chi connectivity index (χ3n) is 6.04. The summed E-state index contributed by atoms with van der Waals surface area (Å²) in [5.74, 6) is 0.138. The topological polar surface area (TPSA) is 86.8 Å². The third kappa shape index (κ3) is 4.70. The smallest absolute Gasteiger partial charge is 0.241 e. The van der Waals surface area contributed by atoms with E-state index in [0.29, 0.717) is 38.4 Å². The lowest BCUT2D eigenvalue weighted by Crippen LogP contribution is -2.53. The zero-order valence-electron chi connectivity index (χ0n) is 18.3. The van der Waals surface area contributed by atoms with E-state index in [1.807, 2.05) is 20.8 Å². The normalized spacial score (nSPS) is 20.4. The van der Waals surface area contributed by atoms with E-state index in [-0.39, 0.29) is 22.6 Å². The maximum atomic E-state index is 13.1. The van der Waals surface area contributed by atoms with Crippen molar-refractivity contribution in [3.63, 3.8) is 0 Å². The highest BCUT2D eigenvalue weighted by atomic mass is 32.2. The van der Waals surface area contributed by atoms with Gasteiger partial charge in [0.2, 0.25) is 21.8 Å². The second kappa shape index (κ2) is 9.06. The molecule has 3 rings (SSSR count). The molecule has 1 fully saturated rings. The summed E-state index contributed by atoms with van der Waals surface area (Å²) in [5, 5.41) is 0. The Balaban J connectivity index is 1.80. The molecular formula is C22H33N3O4S. The van der Waals surface area contributed by atoms with Crippen LogP contribution in [0.15, 0.2) is 23.1 Å². The number of nitrogens with zero attached hydrogens (tertiary/aromatic N) is 2. The summed E-state index contributed by atoms with van der Waals surface area (Å²) in [7, 11) is -3.87. The Morgan fingerprint density at radius 1 is 1.23 bits per heavy atom. The molecule has 2 aliphatic heterocycles. The Kier molecular flexibility index (Phi) is 6.87. The summed E-state index contributed by atoms with van der Waals surface area (Å²) < 4.78 is 28.9. The summed E-state index contributed by atoms with van der Waals surface area (Å²) in [6.45, 7) is 9.56. The Morgan fingerprint density at radius 2 is 1.97 bits per heavy atom. The molecule has 2 amide bonds. The van der Waals surface area contributed by atoms with Crippen LogP contribution in [0.25, 0.3) is 0 Å². The van der Waals surface area contributed by atoms with Gasteiger partial charge in [-0.1, -0.05) is 27.7 Å². The standard InChI is InChI=1S/C22H33N3O4S/c1-5-20(26)25-12-10-17-13-18(8-9-19(17)25)30(28,29)23-21(15(2)3)22(27)24-11-6-7-16(4)14-24/h8-9,13,15-16,21,23H,5-7,10-12,14H2,1-4H3/t16-,21-/m0/s1. The lowest BCUT2D eigenvalue weighted by atomic mass is 9.97. The quantitative estimate of drug-likeness (QED) is 0.744. The fourth-order valence-electron chi connectivity index (χ4n) is 4.29. The molecule has 0 spiro atoms. The third-order valence-corrected chi connectivity index (χ3v) is 7.48. The van der Waals surface area contributed by atoms with Crippen LogP contribution in [-0.2, 0) is 26.0 Å². The first-order chi connectivity index (χ1) is 14.1. The van der Waals surface area contributed by atoms with Gasteiger partial charge in [-0.25, -0.2) is 8.42 Å². The van der Waals surface area contributed by atoms with Gasteiger partial charge in [0.25, 0.3) is 0 Å². The highest BCUT2D eigenvalue weighted by Crippen LogP contribution is 2.31. The molecular weight excluding hydrogens is 402 g/mol. The Labute approximate surface area is 179 Å². The summed E-state index contributed by atoms with van der Waals surface area (Å²) in [6, 6.07) is 4.05. The number of hydrogen-bond acceptors (Lipinski definition) is 4. The van der Waals surface area contributed by atoms with E-state index in [0.717, 1.165) is 24.1 Å². The molecule has 0 radical (unpaired) electrons. The van der Waals surface area contributed by atoms with Crippen LogP contribution in [0.1, 0.15) is 52.5 Å². The molecule has 2 aliphatic rings. The molecule has 0 aliphatic carbocycles. The van der Waals surface area contributed by atoms with Gasteiger partial charge in [-0.2, -0.15) is 4.72 Å². The van der Waals surface area contributed by atoms with Gasteiger partial charge in [0, 0.05) is 31.7 Å². The number of rotatable bonds is 6. The number of hydrogen-bond donors (Lipinski definition) is 1. The zero-order chi connectivity index (χ0) is 22.1. The minimum Gasteiger partial charge on any atom is -0.341 e. The minimum absolute atomic E-state index is 0.0312. The number of anilines is 1. The summed E-state index contributed by atoms with van der Waals surface area (Å²) in [5.41, 5.74) is 1.62. The molecule has 1 aromatic carbocycles. The van der Waals surface area contributed by atoms with Crippen molar-refractivity contribution >= 4 is 27.5 Å². The second-order valence-corrected chi connectivity index (χ2v) is 10.5. The number of carbonyl (C=O) groups is 2. The maximum Gasteiger partial charge on any atom is 0.241 e. The van der Waals surface area contributed by atoms with Gasteiger partial charge in [0.1, 0.15) is 6.04 Å². The van der Waals surface area contributed by atoms with Crippen molar-refractivity contribution in [3.8, 4) is 0 Å². The predicted octanol–water partition coefficient (Wildman–Crippen LogP) is 2.55. The van der Waals surface area contributed by atoms with Crippen LogP contribution < -0.4 is 9.62 Å². The van der Waals surface area contributed by atoms with Crippen molar-refractivity contribution in [1.82, 2.24) is 9.62 Å². The van der Waals surface area contributed by atoms with E-state index in [2.05, 4.69) is 11.6 Å². The largest absolute Gasteiger partial charge is 0.341 e. The van der Waals surface area contributed by atoms with Crippen LogP contribution in [0.5, 0.6) is 0 Å². The first kappa shape index (κ1) is 22.7. The number of fused-ring (bicyclic) bond motifs is 1. The van der Waals surface area contributed by atoms with E-state index >= 15 is 0 Å². The van der Waals surface area contributed by atoms with Gasteiger partial charge in [-0.05, 0) is 54.9 Å². The second-order valence-electron chi connectivity index (χ2n) is 8.81. The fraction of sp³-hybridized carbons (Fsp3) is 0.636. The van der Waals surface area contributed by atoms with Crippen molar-refractivity contribution in [2.45, 2.75) is 64.3 Å². The molecule has 8 heteroatoms. The zero-order valence-corrected chi connectivity index (χ0v) is 19.2. The van der Waals surface area contributed by atoms with Gasteiger partial charge in [0.15, 0.2) is 0 Å². The van der Waals surface area contributed by atoms with Crippen LogP contribution in [0.3, 0.4) is 0 Å². The number of likely N-dealkylation sites (tertiary alicyclic amines) is 1. The molecule has 7 nitrogen and oxygen atoms in total. The van der Waals surface area contributed by atoms with Crippen LogP contribution in [0.4, 0.5) is 5.69 Å². The average Bonchev–Trinajstić information content (AvgIpc) is 3.14. The van der Waals surface area contributed by atoms with Crippen molar-refractivity contribution in [3.05, 3.63) is 23.8 Å². The molecule has 0 unspecified atom stereocenters. The number of piperidine rings is 1. The summed E-state index contributed by atoms with van der Waals surface area (Å²) >= 11 is 0. The lowest BCUT2D eigenvalue weighted by molar-refractivity contribution is -0.135. The SMILES string of the molecule is CCC(=O)N1CCc2cc(S(=O)(=O)N[C@H](C(=O)N3CCC[C@H](C)C3)C(C)C)ccc21. The van der Waals surface area contributed by atoms with Crippen LogP contribution >= 0.6 is 0 Å². The first-order valence-corrected chi connectivity index (χ1v) is 12.4. The highest BCUT2D eigenvalue weighted by Gasteiger charge is 2.34.